The van der Waals surface area contributed by atoms with E-state index in [0.717, 1.165) is 41.7 Å². The molecule has 1 fully saturated rings. The number of aromatic nitrogens is 1. The lowest BCUT2D eigenvalue weighted by molar-refractivity contribution is 0.0694. The lowest BCUT2D eigenvalue weighted by Crippen LogP contribution is -2.50. The summed E-state index contributed by atoms with van der Waals surface area (Å²) in [6.45, 7) is 5.80. The van der Waals surface area contributed by atoms with Crippen molar-refractivity contribution >= 4 is 5.97 Å². The van der Waals surface area contributed by atoms with Gasteiger partial charge in [-0.05, 0) is 44.4 Å². The first-order chi connectivity index (χ1) is 15.3. The molecular weight excluding hydrogens is 412 g/mol. The molecule has 32 heavy (non-hydrogen) atoms. The standard InChI is InChI=1S/C24H30N2O6/c1-24(2)7-6-19-17-11-22(32-9-5-8-30-3)15(14-31-4)10-16(17)20-12-21(27)18(23(28)29)13-25(20)26(19)24/h10-13,19H,5-9,14H2,1-4H3,(H,28,29)/t19-/m1/s1. The number of benzene rings is 1. The average Bonchev–Trinajstić information content (AvgIpc) is 3.07. The minimum Gasteiger partial charge on any atom is -0.493 e. The van der Waals surface area contributed by atoms with Gasteiger partial charge in [-0.1, -0.05) is 0 Å². The van der Waals surface area contributed by atoms with Crippen molar-refractivity contribution in [2.45, 2.75) is 51.3 Å². The number of methoxy groups -OCH3 is 2. The van der Waals surface area contributed by atoms with Gasteiger partial charge in [-0.25, -0.2) is 4.79 Å². The van der Waals surface area contributed by atoms with E-state index >= 15 is 0 Å². The predicted octanol–water partition coefficient (Wildman–Crippen LogP) is 3.34. The molecule has 1 aromatic heterocycles. The van der Waals surface area contributed by atoms with Crippen LogP contribution in [-0.4, -0.2) is 48.7 Å². The van der Waals surface area contributed by atoms with Crippen molar-refractivity contribution in [3.05, 3.63) is 51.3 Å². The zero-order valence-electron chi connectivity index (χ0n) is 19.0. The van der Waals surface area contributed by atoms with Crippen LogP contribution in [0.4, 0.5) is 0 Å². The van der Waals surface area contributed by atoms with Crippen LogP contribution in [0.15, 0.2) is 29.2 Å². The highest BCUT2D eigenvalue weighted by atomic mass is 16.5. The number of rotatable bonds is 8. The second-order valence-corrected chi connectivity index (χ2v) is 8.97. The molecule has 3 heterocycles. The number of ether oxygens (including phenoxy) is 3. The molecule has 2 aliphatic rings. The van der Waals surface area contributed by atoms with Crippen molar-refractivity contribution in [1.82, 2.24) is 4.68 Å². The van der Waals surface area contributed by atoms with E-state index in [1.165, 1.54) is 12.3 Å². The number of hydrogen-bond acceptors (Lipinski definition) is 6. The highest BCUT2D eigenvalue weighted by Gasteiger charge is 2.45. The number of carboxylic acids is 1. The van der Waals surface area contributed by atoms with Gasteiger partial charge in [0, 0.05) is 50.6 Å². The monoisotopic (exact) mass is 442 g/mol. The Labute approximate surface area is 187 Å². The van der Waals surface area contributed by atoms with Gasteiger partial charge >= 0.3 is 5.97 Å². The van der Waals surface area contributed by atoms with Crippen molar-refractivity contribution < 1.29 is 24.1 Å². The summed E-state index contributed by atoms with van der Waals surface area (Å²) in [5.74, 6) is -0.450. The van der Waals surface area contributed by atoms with Crippen molar-refractivity contribution in [3.63, 3.8) is 0 Å². The van der Waals surface area contributed by atoms with Gasteiger partial charge < -0.3 is 19.3 Å². The predicted molar refractivity (Wildman–Crippen MR) is 120 cm³/mol. The fourth-order valence-corrected chi connectivity index (χ4v) is 4.87. The first kappa shape index (κ1) is 22.4. The number of pyridine rings is 1. The van der Waals surface area contributed by atoms with Crippen LogP contribution in [0.5, 0.6) is 5.75 Å². The summed E-state index contributed by atoms with van der Waals surface area (Å²) in [7, 11) is 3.30. The van der Waals surface area contributed by atoms with Crippen LogP contribution in [0, 0.1) is 0 Å². The van der Waals surface area contributed by atoms with Crippen LogP contribution in [0.3, 0.4) is 0 Å². The summed E-state index contributed by atoms with van der Waals surface area (Å²) in [6.07, 6.45) is 4.10. The van der Waals surface area contributed by atoms with Gasteiger partial charge in [-0.3, -0.25) is 14.5 Å². The normalized spacial score (nSPS) is 18.1. The topological polar surface area (TPSA) is 90.2 Å². The molecule has 0 amide bonds. The molecule has 1 atom stereocenters. The molecule has 4 rings (SSSR count). The molecule has 8 heteroatoms. The van der Waals surface area contributed by atoms with Crippen molar-refractivity contribution in [2.75, 3.05) is 32.4 Å². The minimum absolute atomic E-state index is 0.0505. The van der Waals surface area contributed by atoms with Crippen molar-refractivity contribution in [2.24, 2.45) is 0 Å². The second kappa shape index (κ2) is 8.60. The Morgan fingerprint density at radius 2 is 1.97 bits per heavy atom. The van der Waals surface area contributed by atoms with E-state index in [1.807, 2.05) is 10.7 Å². The Balaban J connectivity index is 1.89. The molecule has 0 aliphatic carbocycles. The number of fused-ring (bicyclic) bond motifs is 6. The van der Waals surface area contributed by atoms with Gasteiger partial charge in [0.25, 0.3) is 0 Å². The lowest BCUT2D eigenvalue weighted by atomic mass is 9.92. The molecule has 8 nitrogen and oxygen atoms in total. The van der Waals surface area contributed by atoms with Crippen molar-refractivity contribution in [1.29, 1.82) is 0 Å². The molecule has 0 unspecified atom stereocenters. The molecule has 2 aromatic rings. The molecule has 1 saturated heterocycles. The van der Waals surface area contributed by atoms with Crippen molar-refractivity contribution in [3.8, 4) is 17.0 Å². The third-order valence-corrected chi connectivity index (χ3v) is 6.36. The zero-order chi connectivity index (χ0) is 23.0. The Morgan fingerprint density at radius 3 is 2.66 bits per heavy atom. The maximum Gasteiger partial charge on any atom is 0.341 e. The van der Waals surface area contributed by atoms with E-state index in [0.29, 0.717) is 25.5 Å². The first-order valence-corrected chi connectivity index (χ1v) is 10.9. The summed E-state index contributed by atoms with van der Waals surface area (Å²) in [5.41, 5.74) is 2.63. The molecule has 0 saturated carbocycles. The van der Waals surface area contributed by atoms with E-state index in [4.69, 9.17) is 14.2 Å². The number of carbonyl (C=O) groups is 1. The molecule has 1 aromatic carbocycles. The molecule has 0 radical (unpaired) electrons. The third-order valence-electron chi connectivity index (χ3n) is 6.36. The summed E-state index contributed by atoms with van der Waals surface area (Å²) >= 11 is 0. The Bertz CT molecular complexity index is 1090. The quantitative estimate of drug-likeness (QED) is 0.627. The number of carboxylic acid groups (broad SMARTS) is 1. The first-order valence-electron chi connectivity index (χ1n) is 10.9. The highest BCUT2D eigenvalue weighted by molar-refractivity contribution is 5.88. The lowest BCUT2D eigenvalue weighted by Gasteiger charge is -2.44. The van der Waals surface area contributed by atoms with E-state index in [-0.39, 0.29) is 17.1 Å². The highest BCUT2D eigenvalue weighted by Crippen LogP contribution is 2.49. The van der Waals surface area contributed by atoms with Gasteiger partial charge in [0.05, 0.1) is 30.5 Å². The maximum absolute atomic E-state index is 12.6. The Morgan fingerprint density at radius 1 is 1.19 bits per heavy atom. The van der Waals surface area contributed by atoms with Gasteiger partial charge in [-0.2, -0.15) is 0 Å². The zero-order valence-corrected chi connectivity index (χ0v) is 19.0. The summed E-state index contributed by atoms with van der Waals surface area (Å²) in [6, 6.07) is 5.56. The van der Waals surface area contributed by atoms with Crippen LogP contribution < -0.4 is 15.2 Å². The Kier molecular flexibility index (Phi) is 6.01. The minimum atomic E-state index is -1.22. The van der Waals surface area contributed by atoms with Gasteiger partial charge in [0.2, 0.25) is 0 Å². The average molecular weight is 443 g/mol. The summed E-state index contributed by atoms with van der Waals surface area (Å²) in [5, 5.41) is 11.7. The molecule has 2 aliphatic heterocycles. The van der Waals surface area contributed by atoms with Gasteiger partial charge in [-0.15, -0.1) is 0 Å². The van der Waals surface area contributed by atoms with Crippen LogP contribution in [-0.2, 0) is 16.1 Å². The molecule has 172 valence electrons. The number of nitrogens with zero attached hydrogens (tertiary/aromatic N) is 2. The summed E-state index contributed by atoms with van der Waals surface area (Å²) in [4.78, 5) is 24.3. The number of aromatic carboxylic acids is 1. The van der Waals surface area contributed by atoms with E-state index in [9.17, 15) is 14.7 Å². The van der Waals surface area contributed by atoms with Gasteiger partial charge in [0.15, 0.2) is 5.43 Å². The smallest absolute Gasteiger partial charge is 0.341 e. The van der Waals surface area contributed by atoms with Crippen LogP contribution in [0.2, 0.25) is 0 Å². The maximum atomic E-state index is 12.6. The van der Waals surface area contributed by atoms with Crippen LogP contribution >= 0.6 is 0 Å². The van der Waals surface area contributed by atoms with Gasteiger partial charge in [0.1, 0.15) is 11.3 Å². The third kappa shape index (κ3) is 3.78. The SMILES string of the molecule is COCCCOc1cc2c(cc1COC)-c1cc(=O)c(C(=O)O)cn1N1[C@@H]2CCC1(C)C. The number of hydrogen-bond donors (Lipinski definition) is 1. The second-order valence-electron chi connectivity index (χ2n) is 8.97. The summed E-state index contributed by atoms with van der Waals surface area (Å²) < 4.78 is 18.5. The Hall–Kier alpha value is -2.84. The fraction of sp³-hybridized carbons (Fsp3) is 0.500. The van der Waals surface area contributed by atoms with E-state index < -0.39 is 11.4 Å². The van der Waals surface area contributed by atoms with Crippen LogP contribution in [0.25, 0.3) is 11.3 Å². The largest absolute Gasteiger partial charge is 0.493 e. The fourth-order valence-electron chi connectivity index (χ4n) is 4.87. The molecule has 1 N–H and O–H groups in total. The van der Waals surface area contributed by atoms with Crippen LogP contribution in [0.1, 0.15) is 60.6 Å². The molecular formula is C24H30N2O6. The molecule has 0 spiro atoms. The van der Waals surface area contributed by atoms with E-state index in [1.54, 1.807) is 14.2 Å². The molecule has 0 bridgehead atoms. The van der Waals surface area contributed by atoms with E-state index in [2.05, 4.69) is 24.9 Å².